The smallest absolute Gasteiger partial charge is 0.111 e. The average molecular weight is 363 g/mol. The Hall–Kier alpha value is -0.790. The summed E-state index contributed by atoms with van der Waals surface area (Å²) in [5, 5.41) is 0. The highest BCUT2D eigenvalue weighted by atomic mass is 15.1. The van der Waals surface area contributed by atoms with Crippen LogP contribution in [0.2, 0.25) is 0 Å². The van der Waals surface area contributed by atoms with Crippen LogP contribution < -0.4 is 0 Å². The molecule has 0 saturated heterocycles. The molecule has 0 aliphatic carbocycles. The lowest BCUT2D eigenvalue weighted by Crippen LogP contribution is -2.07. The lowest BCUT2D eigenvalue weighted by molar-refractivity contribution is 0.501. The summed E-state index contributed by atoms with van der Waals surface area (Å²) in [6.07, 6.45) is 23.0. The molecule has 2 nitrogen and oxygen atoms in total. The van der Waals surface area contributed by atoms with E-state index < -0.39 is 0 Å². The minimum atomic E-state index is 0.601. The highest BCUT2D eigenvalue weighted by Crippen LogP contribution is 2.23. The Morgan fingerprint density at radius 2 is 1.27 bits per heavy atom. The van der Waals surface area contributed by atoms with E-state index in [4.69, 9.17) is 4.98 Å². The molecule has 0 fully saturated rings. The van der Waals surface area contributed by atoms with E-state index in [9.17, 15) is 0 Å². The number of unbranched alkanes of at least 4 members (excludes halogenated alkanes) is 12. The minimum absolute atomic E-state index is 0.601. The van der Waals surface area contributed by atoms with Crippen molar-refractivity contribution in [2.24, 2.45) is 0 Å². The van der Waals surface area contributed by atoms with Crippen molar-refractivity contribution >= 4 is 0 Å². The van der Waals surface area contributed by atoms with Crippen molar-refractivity contribution in [2.45, 2.75) is 136 Å². The maximum atomic E-state index is 4.85. The average Bonchev–Trinajstić information content (AvgIpc) is 3.00. The molecule has 1 rings (SSSR count). The lowest BCUT2D eigenvalue weighted by atomic mass is 10.0. The quantitative estimate of drug-likeness (QED) is 0.255. The van der Waals surface area contributed by atoms with Gasteiger partial charge in [0.05, 0.1) is 5.69 Å². The van der Waals surface area contributed by atoms with Crippen LogP contribution in [-0.2, 0) is 6.54 Å². The van der Waals surface area contributed by atoms with Gasteiger partial charge >= 0.3 is 0 Å². The van der Waals surface area contributed by atoms with Crippen molar-refractivity contribution < 1.29 is 0 Å². The Labute approximate surface area is 164 Å². The molecular weight excluding hydrogens is 316 g/mol. The first-order valence-electron chi connectivity index (χ1n) is 11.7. The van der Waals surface area contributed by atoms with Crippen LogP contribution in [0.15, 0.2) is 6.20 Å². The summed E-state index contributed by atoms with van der Waals surface area (Å²) in [7, 11) is 0. The maximum absolute atomic E-state index is 4.85. The first-order chi connectivity index (χ1) is 12.7. The molecule has 0 aromatic carbocycles. The Kier molecular flexibility index (Phi) is 13.7. The van der Waals surface area contributed by atoms with E-state index in [0.717, 1.165) is 6.54 Å². The third-order valence-electron chi connectivity index (χ3n) is 5.61. The number of imidazole rings is 1. The van der Waals surface area contributed by atoms with Crippen LogP contribution in [0.1, 0.15) is 135 Å². The summed E-state index contributed by atoms with van der Waals surface area (Å²) < 4.78 is 2.44. The first-order valence-corrected chi connectivity index (χ1v) is 11.7. The Morgan fingerprint density at radius 3 is 1.85 bits per heavy atom. The Bertz CT molecular complexity index is 435. The molecule has 1 aromatic rings. The molecule has 0 N–H and O–H groups in total. The van der Waals surface area contributed by atoms with E-state index in [1.165, 1.54) is 108 Å². The Morgan fingerprint density at radius 1 is 0.769 bits per heavy atom. The molecule has 1 atom stereocenters. The van der Waals surface area contributed by atoms with Crippen LogP contribution in [-0.4, -0.2) is 9.55 Å². The third kappa shape index (κ3) is 10.4. The van der Waals surface area contributed by atoms with Crippen molar-refractivity contribution in [2.75, 3.05) is 0 Å². The van der Waals surface area contributed by atoms with Crippen molar-refractivity contribution in [1.82, 2.24) is 9.55 Å². The number of hydrogen-bond acceptors (Lipinski definition) is 1. The highest BCUT2D eigenvalue weighted by Gasteiger charge is 2.13. The van der Waals surface area contributed by atoms with Crippen LogP contribution >= 0.6 is 0 Å². The van der Waals surface area contributed by atoms with Crippen molar-refractivity contribution in [3.8, 4) is 0 Å². The molecular formula is C24H46N2. The molecule has 152 valence electrons. The summed E-state index contributed by atoms with van der Waals surface area (Å²) in [4.78, 5) is 4.85. The molecule has 0 saturated carbocycles. The van der Waals surface area contributed by atoms with Crippen molar-refractivity contribution in [3.05, 3.63) is 17.7 Å². The standard InChI is InChI=1S/C24H46N2/c1-5-7-9-11-12-13-14-15-17-19-22(3)24-25-23(4)21-26(24)20-18-16-10-8-6-2/h21-22H,5-20H2,1-4H3. The van der Waals surface area contributed by atoms with Crippen LogP contribution in [0.25, 0.3) is 0 Å². The normalized spacial score (nSPS) is 12.6. The van der Waals surface area contributed by atoms with Gasteiger partial charge in [0.1, 0.15) is 5.82 Å². The number of nitrogens with zero attached hydrogens (tertiary/aromatic N) is 2. The second-order valence-corrected chi connectivity index (χ2v) is 8.37. The summed E-state index contributed by atoms with van der Waals surface area (Å²) >= 11 is 0. The molecule has 0 spiro atoms. The van der Waals surface area contributed by atoms with Gasteiger partial charge in [-0.05, 0) is 19.8 Å². The zero-order valence-electron chi connectivity index (χ0n) is 18.4. The summed E-state index contributed by atoms with van der Waals surface area (Å²) in [6.45, 7) is 10.2. The lowest BCUT2D eigenvalue weighted by Gasteiger charge is -2.14. The van der Waals surface area contributed by atoms with Gasteiger partial charge < -0.3 is 4.57 Å². The largest absolute Gasteiger partial charge is 0.334 e. The van der Waals surface area contributed by atoms with Gasteiger partial charge in [-0.25, -0.2) is 4.98 Å². The predicted molar refractivity (Wildman–Crippen MR) is 116 cm³/mol. The van der Waals surface area contributed by atoms with Crippen LogP contribution in [0.4, 0.5) is 0 Å². The predicted octanol–water partition coefficient (Wildman–Crippen LogP) is 8.19. The van der Waals surface area contributed by atoms with Crippen LogP contribution in [0.5, 0.6) is 0 Å². The van der Waals surface area contributed by atoms with E-state index in [2.05, 4.69) is 38.5 Å². The molecule has 26 heavy (non-hydrogen) atoms. The van der Waals surface area contributed by atoms with Crippen LogP contribution in [0.3, 0.4) is 0 Å². The van der Waals surface area contributed by atoms with Gasteiger partial charge in [-0.3, -0.25) is 0 Å². The number of aromatic nitrogens is 2. The third-order valence-corrected chi connectivity index (χ3v) is 5.61. The van der Waals surface area contributed by atoms with Gasteiger partial charge in [-0.2, -0.15) is 0 Å². The first kappa shape index (κ1) is 23.2. The fraction of sp³-hybridized carbons (Fsp3) is 0.875. The molecule has 1 unspecified atom stereocenters. The highest BCUT2D eigenvalue weighted by molar-refractivity contribution is 5.06. The van der Waals surface area contributed by atoms with E-state index in [1.54, 1.807) is 0 Å². The number of hydrogen-bond donors (Lipinski definition) is 0. The van der Waals surface area contributed by atoms with Crippen molar-refractivity contribution in [1.29, 1.82) is 0 Å². The van der Waals surface area contributed by atoms with Gasteiger partial charge in [0.15, 0.2) is 0 Å². The molecule has 0 bridgehead atoms. The van der Waals surface area contributed by atoms with E-state index in [1.807, 2.05) is 0 Å². The second kappa shape index (κ2) is 15.3. The second-order valence-electron chi connectivity index (χ2n) is 8.37. The maximum Gasteiger partial charge on any atom is 0.111 e. The Balaban J connectivity index is 2.20. The SMILES string of the molecule is CCCCCCCCCCCC(C)c1nc(C)cn1CCCCCCC. The summed E-state index contributed by atoms with van der Waals surface area (Å²) in [5.74, 6) is 1.93. The van der Waals surface area contributed by atoms with Crippen molar-refractivity contribution in [3.63, 3.8) is 0 Å². The fourth-order valence-electron chi connectivity index (χ4n) is 3.91. The van der Waals surface area contributed by atoms with Gasteiger partial charge in [0.2, 0.25) is 0 Å². The molecule has 0 radical (unpaired) electrons. The number of aryl methyl sites for hydroxylation is 2. The monoisotopic (exact) mass is 362 g/mol. The molecule has 0 aliphatic heterocycles. The molecule has 1 aromatic heterocycles. The summed E-state index contributed by atoms with van der Waals surface area (Å²) in [6, 6.07) is 0. The zero-order chi connectivity index (χ0) is 19.0. The molecule has 1 heterocycles. The summed E-state index contributed by atoms with van der Waals surface area (Å²) in [5.41, 5.74) is 1.19. The zero-order valence-corrected chi connectivity index (χ0v) is 18.4. The van der Waals surface area contributed by atoms with Crippen LogP contribution in [0, 0.1) is 6.92 Å². The minimum Gasteiger partial charge on any atom is -0.334 e. The van der Waals surface area contributed by atoms with Gasteiger partial charge in [0, 0.05) is 18.7 Å². The van der Waals surface area contributed by atoms with Gasteiger partial charge in [0.25, 0.3) is 0 Å². The van der Waals surface area contributed by atoms with Gasteiger partial charge in [-0.15, -0.1) is 0 Å². The fourth-order valence-corrected chi connectivity index (χ4v) is 3.91. The van der Waals surface area contributed by atoms with Gasteiger partial charge in [-0.1, -0.05) is 104 Å². The molecule has 0 amide bonds. The molecule has 0 aliphatic rings. The van der Waals surface area contributed by atoms with E-state index >= 15 is 0 Å². The molecule has 2 heteroatoms. The number of rotatable bonds is 17. The topological polar surface area (TPSA) is 17.8 Å². The van der Waals surface area contributed by atoms with E-state index in [0.29, 0.717) is 5.92 Å². The van der Waals surface area contributed by atoms with E-state index in [-0.39, 0.29) is 0 Å².